The molecule has 5 nitrogen and oxygen atoms in total. The third-order valence-electron chi connectivity index (χ3n) is 3.73. The number of rotatable bonds is 4. The van der Waals surface area contributed by atoms with Crippen molar-refractivity contribution in [3.8, 4) is 0 Å². The number of pyridine rings is 1. The fraction of sp³-hybridized carbons (Fsp3) is 0.438. The molecular weight excluding hydrogens is 262 g/mol. The smallest absolute Gasteiger partial charge is 0.227 e. The van der Waals surface area contributed by atoms with Crippen LogP contribution in [-0.4, -0.2) is 28.0 Å². The van der Waals surface area contributed by atoms with E-state index in [0.29, 0.717) is 0 Å². The van der Waals surface area contributed by atoms with Gasteiger partial charge in [-0.05, 0) is 30.5 Å². The highest BCUT2D eigenvalue weighted by molar-refractivity contribution is 5.41. The normalized spacial score (nSPS) is 15.5. The van der Waals surface area contributed by atoms with E-state index >= 15 is 0 Å². The summed E-state index contributed by atoms with van der Waals surface area (Å²) in [6.07, 6.45) is 10.6. The van der Waals surface area contributed by atoms with E-state index in [9.17, 15) is 0 Å². The first kappa shape index (κ1) is 13.8. The van der Waals surface area contributed by atoms with Gasteiger partial charge in [0.15, 0.2) is 0 Å². The van der Waals surface area contributed by atoms with Gasteiger partial charge in [0, 0.05) is 38.2 Å². The summed E-state index contributed by atoms with van der Waals surface area (Å²) in [5.41, 5.74) is 1.15. The Labute approximate surface area is 125 Å². The highest BCUT2D eigenvalue weighted by atomic mass is 15.3. The molecule has 2 aromatic rings. The summed E-state index contributed by atoms with van der Waals surface area (Å²) in [4.78, 5) is 15.5. The maximum atomic E-state index is 4.64. The first-order chi connectivity index (χ1) is 10.4. The Kier molecular flexibility index (Phi) is 4.61. The van der Waals surface area contributed by atoms with Crippen LogP contribution in [0.15, 0.2) is 36.8 Å². The van der Waals surface area contributed by atoms with Crippen molar-refractivity contribution >= 4 is 11.8 Å². The third kappa shape index (κ3) is 3.90. The van der Waals surface area contributed by atoms with Gasteiger partial charge < -0.3 is 10.2 Å². The molecule has 21 heavy (non-hydrogen) atoms. The fourth-order valence-corrected chi connectivity index (χ4v) is 2.57. The molecule has 0 aromatic carbocycles. The zero-order valence-corrected chi connectivity index (χ0v) is 12.2. The predicted octanol–water partition coefficient (Wildman–Crippen LogP) is 2.86. The van der Waals surface area contributed by atoms with E-state index in [4.69, 9.17) is 0 Å². The maximum Gasteiger partial charge on any atom is 0.227 e. The van der Waals surface area contributed by atoms with Gasteiger partial charge in [-0.15, -0.1) is 0 Å². The van der Waals surface area contributed by atoms with E-state index in [-0.39, 0.29) is 0 Å². The molecule has 0 atom stereocenters. The van der Waals surface area contributed by atoms with Gasteiger partial charge in [-0.2, -0.15) is 4.98 Å². The lowest BCUT2D eigenvalue weighted by atomic mass is 10.2. The standard InChI is InChI=1S/C16H21N5/c1-2-4-11-21(10-3-1)16-18-9-7-15(20-16)19-13-14-6-5-8-17-12-14/h5-9,12H,1-4,10-11,13H2,(H,18,19,20). The second kappa shape index (κ2) is 7.02. The fourth-order valence-electron chi connectivity index (χ4n) is 2.57. The molecule has 0 unspecified atom stereocenters. The first-order valence-electron chi connectivity index (χ1n) is 7.62. The molecule has 0 radical (unpaired) electrons. The summed E-state index contributed by atoms with van der Waals surface area (Å²) in [5, 5.41) is 3.34. The van der Waals surface area contributed by atoms with Crippen LogP contribution in [0.2, 0.25) is 0 Å². The van der Waals surface area contributed by atoms with Gasteiger partial charge in [0.05, 0.1) is 0 Å². The van der Waals surface area contributed by atoms with Crippen LogP contribution in [0, 0.1) is 0 Å². The summed E-state index contributed by atoms with van der Waals surface area (Å²) in [7, 11) is 0. The lowest BCUT2D eigenvalue weighted by Gasteiger charge is -2.20. The van der Waals surface area contributed by atoms with Crippen molar-refractivity contribution in [2.45, 2.75) is 32.2 Å². The Bertz CT molecular complexity index is 550. The summed E-state index contributed by atoms with van der Waals surface area (Å²) in [6, 6.07) is 5.91. The highest BCUT2D eigenvalue weighted by Crippen LogP contribution is 2.17. The number of hydrogen-bond acceptors (Lipinski definition) is 5. The molecule has 1 N–H and O–H groups in total. The SMILES string of the molecule is c1cncc(CNc2ccnc(N3CCCCCC3)n2)c1. The van der Waals surface area contributed by atoms with Gasteiger partial charge in [0.1, 0.15) is 5.82 Å². The molecule has 5 heteroatoms. The van der Waals surface area contributed by atoms with Crippen LogP contribution in [0.25, 0.3) is 0 Å². The number of nitrogens with zero attached hydrogens (tertiary/aromatic N) is 4. The van der Waals surface area contributed by atoms with Crippen molar-refractivity contribution in [1.82, 2.24) is 15.0 Å². The van der Waals surface area contributed by atoms with E-state index in [1.54, 1.807) is 6.20 Å². The molecule has 0 aliphatic carbocycles. The Morgan fingerprint density at radius 2 is 1.90 bits per heavy atom. The van der Waals surface area contributed by atoms with E-state index in [0.717, 1.165) is 37.0 Å². The topological polar surface area (TPSA) is 53.9 Å². The van der Waals surface area contributed by atoms with Gasteiger partial charge >= 0.3 is 0 Å². The van der Waals surface area contributed by atoms with E-state index in [2.05, 4.69) is 31.2 Å². The lowest BCUT2D eigenvalue weighted by Crippen LogP contribution is -2.26. The van der Waals surface area contributed by atoms with Crippen LogP contribution in [0.4, 0.5) is 11.8 Å². The van der Waals surface area contributed by atoms with Crippen molar-refractivity contribution < 1.29 is 0 Å². The van der Waals surface area contributed by atoms with E-state index < -0.39 is 0 Å². The lowest BCUT2D eigenvalue weighted by molar-refractivity contribution is 0.726. The third-order valence-corrected chi connectivity index (χ3v) is 3.73. The minimum Gasteiger partial charge on any atom is -0.366 e. The predicted molar refractivity (Wildman–Crippen MR) is 84.3 cm³/mol. The van der Waals surface area contributed by atoms with Crippen LogP contribution >= 0.6 is 0 Å². The van der Waals surface area contributed by atoms with Crippen molar-refractivity contribution in [3.05, 3.63) is 42.4 Å². The van der Waals surface area contributed by atoms with Crippen LogP contribution in [0.5, 0.6) is 0 Å². The summed E-state index contributed by atoms with van der Waals surface area (Å²) in [6.45, 7) is 2.85. The Morgan fingerprint density at radius 1 is 1.05 bits per heavy atom. The second-order valence-electron chi connectivity index (χ2n) is 5.36. The average molecular weight is 283 g/mol. The molecule has 0 amide bonds. The number of aromatic nitrogens is 3. The molecule has 0 spiro atoms. The Hall–Kier alpha value is -2.17. The zero-order chi connectivity index (χ0) is 14.3. The molecule has 1 saturated heterocycles. The Morgan fingerprint density at radius 3 is 2.67 bits per heavy atom. The first-order valence-corrected chi connectivity index (χ1v) is 7.62. The van der Waals surface area contributed by atoms with Crippen molar-refractivity contribution in [2.24, 2.45) is 0 Å². The minimum absolute atomic E-state index is 0.726. The zero-order valence-electron chi connectivity index (χ0n) is 12.2. The molecule has 3 heterocycles. The van der Waals surface area contributed by atoms with Crippen LogP contribution in [-0.2, 0) is 6.54 Å². The van der Waals surface area contributed by atoms with E-state index in [1.807, 2.05) is 24.5 Å². The summed E-state index contributed by atoms with van der Waals surface area (Å²) >= 11 is 0. The van der Waals surface area contributed by atoms with Crippen LogP contribution < -0.4 is 10.2 Å². The molecule has 2 aromatic heterocycles. The largest absolute Gasteiger partial charge is 0.366 e. The molecular formula is C16H21N5. The van der Waals surface area contributed by atoms with Crippen LogP contribution in [0.1, 0.15) is 31.2 Å². The van der Waals surface area contributed by atoms with Crippen molar-refractivity contribution in [2.75, 3.05) is 23.3 Å². The molecule has 0 bridgehead atoms. The minimum atomic E-state index is 0.726. The molecule has 3 rings (SSSR count). The van der Waals surface area contributed by atoms with Gasteiger partial charge in [0.25, 0.3) is 0 Å². The van der Waals surface area contributed by atoms with Gasteiger partial charge in [-0.3, -0.25) is 4.98 Å². The van der Waals surface area contributed by atoms with E-state index in [1.165, 1.54) is 25.7 Å². The monoisotopic (exact) mass is 283 g/mol. The Balaban J connectivity index is 1.65. The molecule has 110 valence electrons. The molecule has 1 aliphatic rings. The number of anilines is 2. The van der Waals surface area contributed by atoms with Gasteiger partial charge in [-0.25, -0.2) is 4.98 Å². The second-order valence-corrected chi connectivity index (χ2v) is 5.36. The maximum absolute atomic E-state index is 4.64. The molecule has 1 aliphatic heterocycles. The summed E-state index contributed by atoms with van der Waals surface area (Å²) < 4.78 is 0. The van der Waals surface area contributed by atoms with Crippen LogP contribution in [0.3, 0.4) is 0 Å². The number of hydrogen-bond donors (Lipinski definition) is 1. The average Bonchev–Trinajstić information content (AvgIpc) is 2.83. The van der Waals surface area contributed by atoms with Gasteiger partial charge in [-0.1, -0.05) is 18.9 Å². The number of nitrogens with one attached hydrogen (secondary N) is 1. The molecule has 1 fully saturated rings. The quantitative estimate of drug-likeness (QED) is 0.935. The highest BCUT2D eigenvalue weighted by Gasteiger charge is 2.12. The summed E-state index contributed by atoms with van der Waals surface area (Å²) in [5.74, 6) is 1.71. The van der Waals surface area contributed by atoms with Gasteiger partial charge in [0.2, 0.25) is 5.95 Å². The van der Waals surface area contributed by atoms with Crippen molar-refractivity contribution in [3.63, 3.8) is 0 Å². The molecule has 0 saturated carbocycles. The van der Waals surface area contributed by atoms with Crippen molar-refractivity contribution in [1.29, 1.82) is 0 Å².